The van der Waals surface area contributed by atoms with Crippen molar-refractivity contribution in [1.29, 1.82) is 0 Å². The van der Waals surface area contributed by atoms with Gasteiger partial charge in [-0.1, -0.05) is 12.1 Å². The second-order valence-electron chi connectivity index (χ2n) is 4.33. The SMILES string of the molecule is COc1ccc(Cn2ncc3cc(N)cnc32)cc1. The Morgan fingerprint density at radius 3 is 2.74 bits per heavy atom. The van der Waals surface area contributed by atoms with E-state index in [4.69, 9.17) is 10.5 Å². The molecule has 0 aliphatic rings. The number of nitrogens with two attached hydrogens (primary N) is 1. The fraction of sp³-hybridized carbons (Fsp3) is 0.143. The van der Waals surface area contributed by atoms with Crippen molar-refractivity contribution < 1.29 is 4.74 Å². The van der Waals surface area contributed by atoms with Crippen LogP contribution in [0.2, 0.25) is 0 Å². The average Bonchev–Trinajstić information content (AvgIpc) is 2.82. The first-order valence-corrected chi connectivity index (χ1v) is 5.96. The van der Waals surface area contributed by atoms with Crippen LogP contribution in [0, 0.1) is 0 Å². The second-order valence-corrected chi connectivity index (χ2v) is 4.33. The minimum Gasteiger partial charge on any atom is -0.497 e. The number of pyridine rings is 1. The molecule has 1 aromatic carbocycles. The maximum absolute atomic E-state index is 5.70. The number of aromatic nitrogens is 3. The molecule has 2 aromatic heterocycles. The Kier molecular flexibility index (Phi) is 2.79. The zero-order valence-corrected chi connectivity index (χ0v) is 10.6. The number of nitrogens with zero attached hydrogens (tertiary/aromatic N) is 3. The van der Waals surface area contributed by atoms with E-state index in [9.17, 15) is 0 Å². The van der Waals surface area contributed by atoms with E-state index in [1.807, 2.05) is 35.0 Å². The van der Waals surface area contributed by atoms with E-state index in [-0.39, 0.29) is 0 Å². The number of hydrogen-bond donors (Lipinski definition) is 1. The lowest BCUT2D eigenvalue weighted by molar-refractivity contribution is 0.414. The Balaban J connectivity index is 1.92. The first-order chi connectivity index (χ1) is 9.26. The molecule has 0 radical (unpaired) electrons. The molecule has 2 heterocycles. The molecule has 5 nitrogen and oxygen atoms in total. The number of benzene rings is 1. The van der Waals surface area contributed by atoms with E-state index in [1.165, 1.54) is 0 Å². The smallest absolute Gasteiger partial charge is 0.158 e. The van der Waals surface area contributed by atoms with Crippen molar-refractivity contribution in [2.45, 2.75) is 6.54 Å². The summed E-state index contributed by atoms with van der Waals surface area (Å²) in [6, 6.07) is 9.78. The molecule has 0 aliphatic heterocycles. The van der Waals surface area contributed by atoms with Crippen LogP contribution in [0.15, 0.2) is 42.7 Å². The molecular formula is C14H14N4O. The molecule has 3 rings (SSSR count). The van der Waals surface area contributed by atoms with Crippen LogP contribution in [0.25, 0.3) is 11.0 Å². The first-order valence-electron chi connectivity index (χ1n) is 5.96. The maximum atomic E-state index is 5.70. The van der Waals surface area contributed by atoms with Gasteiger partial charge in [-0.3, -0.25) is 0 Å². The number of methoxy groups -OCH3 is 1. The van der Waals surface area contributed by atoms with E-state index >= 15 is 0 Å². The van der Waals surface area contributed by atoms with Crippen molar-refractivity contribution in [3.8, 4) is 5.75 Å². The zero-order valence-electron chi connectivity index (χ0n) is 10.6. The Labute approximate surface area is 110 Å². The molecular weight excluding hydrogens is 240 g/mol. The summed E-state index contributed by atoms with van der Waals surface area (Å²) in [6.45, 7) is 0.671. The molecule has 0 atom stereocenters. The van der Waals surface area contributed by atoms with E-state index in [0.717, 1.165) is 22.3 Å². The van der Waals surface area contributed by atoms with Crippen LogP contribution < -0.4 is 10.5 Å². The largest absolute Gasteiger partial charge is 0.497 e. The van der Waals surface area contributed by atoms with Gasteiger partial charge in [0.05, 0.1) is 31.7 Å². The summed E-state index contributed by atoms with van der Waals surface area (Å²) < 4.78 is 7.00. The molecule has 0 aliphatic carbocycles. The van der Waals surface area contributed by atoms with Crippen LogP contribution in [0.5, 0.6) is 5.75 Å². The monoisotopic (exact) mass is 254 g/mol. The number of rotatable bonds is 3. The topological polar surface area (TPSA) is 66.0 Å². The standard InChI is InChI=1S/C14H14N4O/c1-19-13-4-2-10(3-5-13)9-18-14-11(7-17-18)6-12(15)8-16-14/h2-8H,9,15H2,1H3. The molecule has 5 heteroatoms. The quantitative estimate of drug-likeness (QED) is 0.777. The Morgan fingerprint density at radius 2 is 2.00 bits per heavy atom. The van der Waals surface area contributed by atoms with Gasteiger partial charge in [0.25, 0.3) is 0 Å². The normalized spacial score (nSPS) is 10.8. The predicted octanol–water partition coefficient (Wildman–Crippen LogP) is 2.07. The summed E-state index contributed by atoms with van der Waals surface area (Å²) >= 11 is 0. The summed E-state index contributed by atoms with van der Waals surface area (Å²) in [4.78, 5) is 4.32. The fourth-order valence-corrected chi connectivity index (χ4v) is 2.01. The third-order valence-corrected chi connectivity index (χ3v) is 2.99. The minimum atomic E-state index is 0.650. The number of fused-ring (bicyclic) bond motifs is 1. The van der Waals surface area contributed by atoms with Crippen molar-refractivity contribution in [3.05, 3.63) is 48.3 Å². The number of anilines is 1. The van der Waals surface area contributed by atoms with Gasteiger partial charge in [0.15, 0.2) is 5.65 Å². The molecule has 0 spiro atoms. The van der Waals surface area contributed by atoms with Crippen LogP contribution in [0.3, 0.4) is 0 Å². The molecule has 0 bridgehead atoms. The fourth-order valence-electron chi connectivity index (χ4n) is 2.01. The molecule has 0 amide bonds. The number of hydrogen-bond acceptors (Lipinski definition) is 4. The van der Waals surface area contributed by atoms with Gasteiger partial charge < -0.3 is 10.5 Å². The third kappa shape index (κ3) is 2.22. The maximum Gasteiger partial charge on any atom is 0.158 e. The predicted molar refractivity (Wildman–Crippen MR) is 74.0 cm³/mol. The molecule has 0 unspecified atom stereocenters. The van der Waals surface area contributed by atoms with Gasteiger partial charge in [0.2, 0.25) is 0 Å². The van der Waals surface area contributed by atoms with Crippen molar-refractivity contribution in [2.24, 2.45) is 0 Å². The highest BCUT2D eigenvalue weighted by atomic mass is 16.5. The molecule has 0 fully saturated rings. The van der Waals surface area contributed by atoms with Crippen LogP contribution in [0.1, 0.15) is 5.56 Å². The van der Waals surface area contributed by atoms with E-state index in [0.29, 0.717) is 12.2 Å². The lowest BCUT2D eigenvalue weighted by atomic mass is 10.2. The third-order valence-electron chi connectivity index (χ3n) is 2.99. The van der Waals surface area contributed by atoms with Crippen LogP contribution in [-0.4, -0.2) is 21.9 Å². The summed E-state index contributed by atoms with van der Waals surface area (Å²) in [5.41, 5.74) is 8.33. The molecule has 0 saturated heterocycles. The molecule has 3 aromatic rings. The summed E-state index contributed by atoms with van der Waals surface area (Å²) in [7, 11) is 1.66. The second kappa shape index (κ2) is 4.61. The van der Waals surface area contributed by atoms with E-state index in [1.54, 1.807) is 19.5 Å². The molecule has 96 valence electrons. The van der Waals surface area contributed by atoms with E-state index in [2.05, 4.69) is 10.1 Å². The zero-order chi connectivity index (χ0) is 13.2. The summed E-state index contributed by atoms with van der Waals surface area (Å²) in [6.07, 6.45) is 3.43. The lowest BCUT2D eigenvalue weighted by Crippen LogP contribution is -2.02. The van der Waals surface area contributed by atoms with Crippen LogP contribution in [-0.2, 0) is 6.54 Å². The van der Waals surface area contributed by atoms with Gasteiger partial charge >= 0.3 is 0 Å². The number of nitrogen functional groups attached to an aromatic ring is 1. The number of ether oxygens (including phenoxy) is 1. The van der Waals surface area contributed by atoms with Crippen LogP contribution in [0.4, 0.5) is 5.69 Å². The Hall–Kier alpha value is -2.56. The van der Waals surface area contributed by atoms with Gasteiger partial charge in [-0.05, 0) is 23.8 Å². The molecule has 0 saturated carbocycles. The van der Waals surface area contributed by atoms with Crippen molar-refractivity contribution in [2.75, 3.05) is 12.8 Å². The van der Waals surface area contributed by atoms with E-state index < -0.39 is 0 Å². The molecule has 2 N–H and O–H groups in total. The molecule has 19 heavy (non-hydrogen) atoms. The van der Waals surface area contributed by atoms with Gasteiger partial charge in [-0.25, -0.2) is 9.67 Å². The van der Waals surface area contributed by atoms with Crippen LogP contribution >= 0.6 is 0 Å². The van der Waals surface area contributed by atoms with Gasteiger partial charge in [-0.2, -0.15) is 5.10 Å². The van der Waals surface area contributed by atoms with Crippen molar-refractivity contribution in [1.82, 2.24) is 14.8 Å². The highest BCUT2D eigenvalue weighted by Crippen LogP contribution is 2.16. The van der Waals surface area contributed by atoms with Crippen molar-refractivity contribution in [3.63, 3.8) is 0 Å². The Morgan fingerprint density at radius 1 is 1.21 bits per heavy atom. The highest BCUT2D eigenvalue weighted by molar-refractivity contribution is 5.77. The van der Waals surface area contributed by atoms with Crippen molar-refractivity contribution >= 4 is 16.7 Å². The minimum absolute atomic E-state index is 0.650. The lowest BCUT2D eigenvalue weighted by Gasteiger charge is -2.05. The average molecular weight is 254 g/mol. The van der Waals surface area contributed by atoms with Gasteiger partial charge in [0.1, 0.15) is 5.75 Å². The highest BCUT2D eigenvalue weighted by Gasteiger charge is 2.05. The van der Waals surface area contributed by atoms with Gasteiger partial charge in [-0.15, -0.1) is 0 Å². The summed E-state index contributed by atoms with van der Waals surface area (Å²) in [5, 5.41) is 5.29. The first kappa shape index (κ1) is 11.5. The Bertz CT molecular complexity index is 703. The van der Waals surface area contributed by atoms with Gasteiger partial charge in [0, 0.05) is 5.39 Å². The summed E-state index contributed by atoms with van der Waals surface area (Å²) in [5.74, 6) is 0.847.